The van der Waals surface area contributed by atoms with Crippen molar-refractivity contribution in [1.29, 1.82) is 0 Å². The summed E-state index contributed by atoms with van der Waals surface area (Å²) in [6.07, 6.45) is -0.530. The standard InChI is InChI=1S/C18H18ClIN2O3/c1-18(2,3)25-17(24)22-13-7-5-12(6-8-13)21-16(23)14-10-11(19)4-9-15(14)20/h4-10H,1-3H3,(H,21,23)(H,22,24). The number of nitrogens with one attached hydrogen (secondary N) is 2. The van der Waals surface area contributed by atoms with Crippen LogP contribution in [0, 0.1) is 3.57 Å². The van der Waals surface area contributed by atoms with E-state index in [9.17, 15) is 9.59 Å². The minimum atomic E-state index is -0.563. The molecule has 0 saturated heterocycles. The molecule has 2 rings (SSSR count). The number of carbonyl (C=O) groups is 2. The third-order valence-corrected chi connectivity index (χ3v) is 4.14. The number of hydrogen-bond donors (Lipinski definition) is 2. The number of benzene rings is 2. The lowest BCUT2D eigenvalue weighted by atomic mass is 10.2. The maximum Gasteiger partial charge on any atom is 0.412 e. The Labute approximate surface area is 165 Å². The van der Waals surface area contributed by atoms with Crippen LogP contribution in [0.5, 0.6) is 0 Å². The van der Waals surface area contributed by atoms with Crippen molar-refractivity contribution in [3.05, 3.63) is 56.6 Å². The minimum absolute atomic E-state index is 0.250. The highest BCUT2D eigenvalue weighted by Gasteiger charge is 2.16. The SMILES string of the molecule is CC(C)(C)OC(=O)Nc1ccc(NC(=O)c2cc(Cl)ccc2I)cc1. The van der Waals surface area contributed by atoms with Crippen LogP contribution in [-0.2, 0) is 4.74 Å². The summed E-state index contributed by atoms with van der Waals surface area (Å²) in [7, 11) is 0. The summed E-state index contributed by atoms with van der Waals surface area (Å²) < 4.78 is 5.99. The molecule has 0 radical (unpaired) electrons. The van der Waals surface area contributed by atoms with Crippen LogP contribution in [0.25, 0.3) is 0 Å². The summed E-state index contributed by atoms with van der Waals surface area (Å²) in [5, 5.41) is 5.94. The van der Waals surface area contributed by atoms with Gasteiger partial charge in [-0.2, -0.15) is 0 Å². The van der Waals surface area contributed by atoms with Crippen LogP contribution >= 0.6 is 34.2 Å². The average molecular weight is 473 g/mol. The molecule has 0 aliphatic carbocycles. The summed E-state index contributed by atoms with van der Waals surface area (Å²) in [4.78, 5) is 24.1. The van der Waals surface area contributed by atoms with Gasteiger partial charge in [-0.05, 0) is 85.8 Å². The molecule has 0 aliphatic rings. The molecule has 2 N–H and O–H groups in total. The fraction of sp³-hybridized carbons (Fsp3) is 0.222. The molecule has 0 aliphatic heterocycles. The second-order valence-electron chi connectivity index (χ2n) is 6.28. The Balaban J connectivity index is 2.01. The van der Waals surface area contributed by atoms with Crippen molar-refractivity contribution in [1.82, 2.24) is 0 Å². The van der Waals surface area contributed by atoms with Crippen LogP contribution in [0.1, 0.15) is 31.1 Å². The van der Waals surface area contributed by atoms with Crippen LogP contribution in [0.15, 0.2) is 42.5 Å². The number of anilines is 2. The molecule has 0 heterocycles. The van der Waals surface area contributed by atoms with Gasteiger partial charge in [0.05, 0.1) is 5.56 Å². The summed E-state index contributed by atoms with van der Waals surface area (Å²) in [5.41, 5.74) is 1.12. The molecule has 5 nitrogen and oxygen atoms in total. The first-order valence-corrected chi connectivity index (χ1v) is 8.96. The number of halogens is 2. The van der Waals surface area contributed by atoms with Crippen molar-refractivity contribution in [3.8, 4) is 0 Å². The molecular weight excluding hydrogens is 455 g/mol. The Hall–Kier alpha value is -1.80. The van der Waals surface area contributed by atoms with Crippen molar-refractivity contribution in [2.75, 3.05) is 10.6 Å². The van der Waals surface area contributed by atoms with Gasteiger partial charge < -0.3 is 10.1 Å². The van der Waals surface area contributed by atoms with E-state index in [1.54, 1.807) is 63.2 Å². The predicted molar refractivity (Wildman–Crippen MR) is 108 cm³/mol. The second kappa shape index (κ2) is 8.05. The van der Waals surface area contributed by atoms with Crippen LogP contribution < -0.4 is 10.6 Å². The zero-order valence-electron chi connectivity index (χ0n) is 14.0. The third kappa shape index (κ3) is 6.21. The fourth-order valence-electron chi connectivity index (χ4n) is 1.93. The zero-order valence-corrected chi connectivity index (χ0v) is 16.9. The van der Waals surface area contributed by atoms with Gasteiger partial charge in [-0.15, -0.1) is 0 Å². The third-order valence-electron chi connectivity index (χ3n) is 2.96. The van der Waals surface area contributed by atoms with E-state index in [2.05, 4.69) is 33.2 Å². The molecule has 0 unspecified atom stereocenters. The molecular formula is C18H18ClIN2O3. The number of amides is 2. The maximum atomic E-state index is 12.3. The average Bonchev–Trinajstić information content (AvgIpc) is 2.49. The highest BCUT2D eigenvalue weighted by Crippen LogP contribution is 2.20. The molecule has 132 valence electrons. The highest BCUT2D eigenvalue weighted by molar-refractivity contribution is 14.1. The summed E-state index contributed by atoms with van der Waals surface area (Å²) >= 11 is 8.03. The van der Waals surface area contributed by atoms with Gasteiger partial charge in [0.1, 0.15) is 5.60 Å². The van der Waals surface area contributed by atoms with Gasteiger partial charge in [0, 0.05) is 20.0 Å². The van der Waals surface area contributed by atoms with Crippen molar-refractivity contribution >= 4 is 57.6 Å². The lowest BCUT2D eigenvalue weighted by Crippen LogP contribution is -2.27. The van der Waals surface area contributed by atoms with Crippen LogP contribution in [0.3, 0.4) is 0 Å². The van der Waals surface area contributed by atoms with E-state index in [-0.39, 0.29) is 5.91 Å². The van der Waals surface area contributed by atoms with Crippen LogP contribution in [0.4, 0.5) is 16.2 Å². The molecule has 0 saturated carbocycles. The van der Waals surface area contributed by atoms with E-state index < -0.39 is 11.7 Å². The summed E-state index contributed by atoms with van der Waals surface area (Å²) in [6.45, 7) is 5.38. The van der Waals surface area contributed by atoms with E-state index in [0.29, 0.717) is 22.0 Å². The molecule has 0 bridgehead atoms. The zero-order chi connectivity index (χ0) is 18.6. The van der Waals surface area contributed by atoms with E-state index in [0.717, 1.165) is 3.57 Å². The molecule has 25 heavy (non-hydrogen) atoms. The lowest BCUT2D eigenvalue weighted by molar-refractivity contribution is 0.0635. The van der Waals surface area contributed by atoms with E-state index in [4.69, 9.17) is 16.3 Å². The fourth-order valence-corrected chi connectivity index (χ4v) is 2.68. The molecule has 0 spiro atoms. The number of ether oxygens (including phenoxy) is 1. The quantitative estimate of drug-likeness (QED) is 0.576. The molecule has 2 aromatic rings. The normalized spacial score (nSPS) is 10.9. The second-order valence-corrected chi connectivity index (χ2v) is 7.88. The van der Waals surface area contributed by atoms with E-state index in [1.807, 2.05) is 0 Å². The maximum absolute atomic E-state index is 12.3. The van der Waals surface area contributed by atoms with Crippen molar-refractivity contribution < 1.29 is 14.3 Å². The largest absolute Gasteiger partial charge is 0.444 e. The number of hydrogen-bond acceptors (Lipinski definition) is 3. The molecule has 7 heteroatoms. The van der Waals surface area contributed by atoms with Gasteiger partial charge in [-0.25, -0.2) is 4.79 Å². The summed E-state index contributed by atoms with van der Waals surface area (Å²) in [6, 6.07) is 11.9. The van der Waals surface area contributed by atoms with Crippen LogP contribution in [0.2, 0.25) is 5.02 Å². The Morgan fingerprint density at radius 1 is 1.00 bits per heavy atom. The Bertz CT molecular complexity index is 786. The van der Waals surface area contributed by atoms with Crippen molar-refractivity contribution in [2.45, 2.75) is 26.4 Å². The molecule has 0 aromatic heterocycles. The van der Waals surface area contributed by atoms with Crippen LogP contribution in [-0.4, -0.2) is 17.6 Å². The van der Waals surface area contributed by atoms with Crippen molar-refractivity contribution in [3.63, 3.8) is 0 Å². The van der Waals surface area contributed by atoms with E-state index >= 15 is 0 Å². The first-order valence-electron chi connectivity index (χ1n) is 7.50. The number of rotatable bonds is 3. The van der Waals surface area contributed by atoms with Gasteiger partial charge in [0.2, 0.25) is 0 Å². The number of carbonyl (C=O) groups excluding carboxylic acids is 2. The van der Waals surface area contributed by atoms with Gasteiger partial charge in [0.25, 0.3) is 5.91 Å². The first-order chi connectivity index (χ1) is 11.6. The molecule has 0 atom stereocenters. The molecule has 0 fully saturated rings. The van der Waals surface area contributed by atoms with E-state index in [1.165, 1.54) is 0 Å². The minimum Gasteiger partial charge on any atom is -0.444 e. The van der Waals surface area contributed by atoms with Crippen molar-refractivity contribution in [2.24, 2.45) is 0 Å². The molecule has 2 amide bonds. The van der Waals surface area contributed by atoms with Gasteiger partial charge >= 0.3 is 6.09 Å². The first kappa shape index (κ1) is 19.5. The Morgan fingerprint density at radius 2 is 1.56 bits per heavy atom. The lowest BCUT2D eigenvalue weighted by Gasteiger charge is -2.19. The monoisotopic (exact) mass is 472 g/mol. The highest BCUT2D eigenvalue weighted by atomic mass is 127. The van der Waals surface area contributed by atoms with Gasteiger partial charge in [-0.3, -0.25) is 10.1 Å². The summed E-state index contributed by atoms with van der Waals surface area (Å²) in [5.74, 6) is -0.250. The smallest absolute Gasteiger partial charge is 0.412 e. The Kier molecular flexibility index (Phi) is 6.29. The predicted octanol–water partition coefficient (Wildman–Crippen LogP) is 5.54. The Morgan fingerprint density at radius 3 is 2.12 bits per heavy atom. The van der Waals surface area contributed by atoms with Gasteiger partial charge in [0.15, 0.2) is 0 Å². The van der Waals surface area contributed by atoms with Gasteiger partial charge in [-0.1, -0.05) is 11.6 Å². The topological polar surface area (TPSA) is 67.4 Å². The molecule has 2 aromatic carbocycles.